The Morgan fingerprint density at radius 2 is 1.80 bits per heavy atom. The van der Waals surface area contributed by atoms with Gasteiger partial charge >= 0.3 is 0 Å². The van der Waals surface area contributed by atoms with E-state index in [0.29, 0.717) is 6.61 Å². The van der Waals surface area contributed by atoms with Gasteiger partial charge in [0.05, 0.1) is 19.8 Å². The summed E-state index contributed by atoms with van der Waals surface area (Å²) in [7, 11) is 4.09. The minimum absolute atomic E-state index is 0.708. The van der Waals surface area contributed by atoms with Crippen molar-refractivity contribution in [2.75, 3.05) is 58.5 Å². The molecule has 158 valence electrons. The second-order valence-corrected chi connectivity index (χ2v) is 7.82. The van der Waals surface area contributed by atoms with Gasteiger partial charge < -0.3 is 18.8 Å². The minimum atomic E-state index is 0.708. The summed E-state index contributed by atoms with van der Waals surface area (Å²) in [5.74, 6) is 1.69. The van der Waals surface area contributed by atoms with E-state index in [1.54, 1.807) is 0 Å². The molecule has 0 spiro atoms. The largest absolute Gasteiger partial charge is 0.493 e. The molecule has 0 radical (unpaired) electrons. The van der Waals surface area contributed by atoms with Crippen LogP contribution >= 0.6 is 0 Å². The summed E-state index contributed by atoms with van der Waals surface area (Å²) < 4.78 is 17.3. The predicted octanol–water partition coefficient (Wildman–Crippen LogP) is 4.77. The molecule has 1 aromatic heterocycles. The van der Waals surface area contributed by atoms with Crippen molar-refractivity contribution < 1.29 is 13.9 Å². The van der Waals surface area contributed by atoms with Gasteiger partial charge in [-0.1, -0.05) is 18.2 Å². The van der Waals surface area contributed by atoms with Crippen LogP contribution in [0.3, 0.4) is 0 Å². The summed E-state index contributed by atoms with van der Waals surface area (Å²) in [6.45, 7) is 5.49. The number of rotatable bonds is 8. The molecule has 5 nitrogen and oxygen atoms in total. The van der Waals surface area contributed by atoms with Crippen LogP contribution in [-0.2, 0) is 4.74 Å². The van der Waals surface area contributed by atoms with E-state index in [4.69, 9.17) is 13.9 Å². The van der Waals surface area contributed by atoms with E-state index < -0.39 is 0 Å². The predicted molar refractivity (Wildman–Crippen MR) is 123 cm³/mol. The van der Waals surface area contributed by atoms with E-state index in [9.17, 15) is 0 Å². The molecule has 0 bridgehead atoms. The number of ether oxygens (including phenoxy) is 2. The Morgan fingerprint density at radius 3 is 2.57 bits per heavy atom. The molecule has 2 heterocycles. The maximum atomic E-state index is 6.00. The Bertz CT molecular complexity index is 970. The molecule has 1 saturated heterocycles. The van der Waals surface area contributed by atoms with Gasteiger partial charge in [-0.15, -0.1) is 0 Å². The molecule has 1 fully saturated rings. The molecule has 2 aromatic carbocycles. The molecule has 5 heteroatoms. The molecule has 1 aliphatic heterocycles. The quantitative estimate of drug-likeness (QED) is 0.504. The van der Waals surface area contributed by atoms with Crippen LogP contribution in [0.5, 0.6) is 5.75 Å². The highest BCUT2D eigenvalue weighted by Gasteiger charge is 2.09. The van der Waals surface area contributed by atoms with Crippen molar-refractivity contribution in [2.45, 2.75) is 6.42 Å². The summed E-state index contributed by atoms with van der Waals surface area (Å²) >= 11 is 0. The minimum Gasteiger partial charge on any atom is -0.493 e. The molecule has 4 rings (SSSR count). The standard InChI is InChI=1S/C25H30N2O3/c1-26(2)22-8-4-20(5-9-22)6-10-24-18-21-7-11-23(19-25(21)30-24)29-15-3-12-27-13-16-28-17-14-27/h4-11,18-19H,3,12-17H2,1-2H3. The van der Waals surface area contributed by atoms with Crippen LogP contribution in [0.15, 0.2) is 52.9 Å². The zero-order valence-corrected chi connectivity index (χ0v) is 17.8. The average Bonchev–Trinajstić information content (AvgIpc) is 3.18. The number of furan rings is 1. The topological polar surface area (TPSA) is 38.1 Å². The third-order valence-corrected chi connectivity index (χ3v) is 5.35. The lowest BCUT2D eigenvalue weighted by molar-refractivity contribution is 0.0358. The molecular weight excluding hydrogens is 376 g/mol. The molecule has 0 saturated carbocycles. The van der Waals surface area contributed by atoms with E-state index in [-0.39, 0.29) is 0 Å². The lowest BCUT2D eigenvalue weighted by Gasteiger charge is -2.26. The van der Waals surface area contributed by atoms with Crippen LogP contribution in [-0.4, -0.2) is 58.5 Å². The Balaban J connectivity index is 1.32. The van der Waals surface area contributed by atoms with Crippen LogP contribution in [0.1, 0.15) is 17.7 Å². The highest BCUT2D eigenvalue weighted by atomic mass is 16.5. The monoisotopic (exact) mass is 406 g/mol. The second kappa shape index (κ2) is 9.83. The van der Waals surface area contributed by atoms with Gasteiger partial charge in [0, 0.05) is 50.9 Å². The van der Waals surface area contributed by atoms with Crippen LogP contribution < -0.4 is 9.64 Å². The third-order valence-electron chi connectivity index (χ3n) is 5.35. The van der Waals surface area contributed by atoms with Crippen LogP contribution in [0.4, 0.5) is 5.69 Å². The summed E-state index contributed by atoms with van der Waals surface area (Å²) in [6, 6.07) is 16.5. The normalized spacial score (nSPS) is 15.1. The van der Waals surface area contributed by atoms with Crippen molar-refractivity contribution in [3.63, 3.8) is 0 Å². The summed E-state index contributed by atoms with van der Waals surface area (Å²) in [5, 5.41) is 1.08. The van der Waals surface area contributed by atoms with Crippen molar-refractivity contribution in [3.8, 4) is 5.75 Å². The SMILES string of the molecule is CN(C)c1ccc(C=Cc2cc3ccc(OCCCN4CCOCC4)cc3o2)cc1. The average molecular weight is 407 g/mol. The molecule has 0 amide bonds. The van der Waals surface area contributed by atoms with Gasteiger partial charge in [-0.25, -0.2) is 0 Å². The van der Waals surface area contributed by atoms with Crippen molar-refractivity contribution in [1.82, 2.24) is 4.90 Å². The van der Waals surface area contributed by atoms with E-state index >= 15 is 0 Å². The van der Waals surface area contributed by atoms with Gasteiger partial charge in [-0.2, -0.15) is 0 Å². The molecule has 0 unspecified atom stereocenters. The zero-order chi connectivity index (χ0) is 20.8. The Hall–Kier alpha value is -2.76. The number of anilines is 1. The van der Waals surface area contributed by atoms with E-state index in [2.05, 4.69) is 52.3 Å². The molecule has 0 aliphatic carbocycles. The van der Waals surface area contributed by atoms with Crippen molar-refractivity contribution in [1.29, 1.82) is 0 Å². The zero-order valence-electron chi connectivity index (χ0n) is 17.8. The van der Waals surface area contributed by atoms with Gasteiger partial charge in [0.25, 0.3) is 0 Å². The molecule has 0 N–H and O–H groups in total. The van der Waals surface area contributed by atoms with Gasteiger partial charge in [0.2, 0.25) is 0 Å². The first-order valence-corrected chi connectivity index (χ1v) is 10.6. The summed E-state index contributed by atoms with van der Waals surface area (Å²) in [5.41, 5.74) is 3.18. The number of hydrogen-bond donors (Lipinski definition) is 0. The van der Waals surface area contributed by atoms with Crippen molar-refractivity contribution in [3.05, 3.63) is 59.9 Å². The second-order valence-electron chi connectivity index (χ2n) is 7.82. The van der Waals surface area contributed by atoms with E-state index in [0.717, 1.165) is 67.3 Å². The first kappa shape index (κ1) is 20.5. The van der Waals surface area contributed by atoms with Gasteiger partial charge in [-0.05, 0) is 48.4 Å². The van der Waals surface area contributed by atoms with Gasteiger partial charge in [0.1, 0.15) is 17.1 Å². The molecule has 1 aliphatic rings. The Kier molecular flexibility index (Phi) is 6.72. The van der Waals surface area contributed by atoms with Crippen molar-refractivity contribution >= 4 is 28.8 Å². The number of nitrogens with zero attached hydrogens (tertiary/aromatic N) is 2. The highest BCUT2D eigenvalue weighted by Crippen LogP contribution is 2.26. The fourth-order valence-electron chi connectivity index (χ4n) is 3.57. The molecule has 3 aromatic rings. The van der Waals surface area contributed by atoms with Crippen LogP contribution in [0.2, 0.25) is 0 Å². The van der Waals surface area contributed by atoms with Gasteiger partial charge in [-0.3, -0.25) is 4.90 Å². The third kappa shape index (κ3) is 5.43. The lowest BCUT2D eigenvalue weighted by atomic mass is 10.1. The number of benzene rings is 2. The summed E-state index contributed by atoms with van der Waals surface area (Å²) in [4.78, 5) is 4.52. The first-order valence-electron chi connectivity index (χ1n) is 10.6. The number of fused-ring (bicyclic) bond motifs is 1. The fourth-order valence-corrected chi connectivity index (χ4v) is 3.57. The Labute approximate surface area is 178 Å². The lowest BCUT2D eigenvalue weighted by Crippen LogP contribution is -2.37. The van der Waals surface area contributed by atoms with Crippen LogP contribution in [0, 0.1) is 0 Å². The maximum absolute atomic E-state index is 6.00. The Morgan fingerprint density at radius 1 is 1.00 bits per heavy atom. The highest BCUT2D eigenvalue weighted by molar-refractivity contribution is 5.83. The smallest absolute Gasteiger partial charge is 0.138 e. The molecular formula is C25H30N2O3. The number of hydrogen-bond acceptors (Lipinski definition) is 5. The van der Waals surface area contributed by atoms with E-state index in [1.807, 2.05) is 32.3 Å². The molecule has 30 heavy (non-hydrogen) atoms. The first-order chi connectivity index (χ1) is 14.7. The van der Waals surface area contributed by atoms with E-state index in [1.165, 1.54) is 5.69 Å². The van der Waals surface area contributed by atoms with Crippen LogP contribution in [0.25, 0.3) is 23.1 Å². The number of morpholine rings is 1. The molecule has 0 atom stereocenters. The maximum Gasteiger partial charge on any atom is 0.138 e. The van der Waals surface area contributed by atoms with Crippen molar-refractivity contribution in [2.24, 2.45) is 0 Å². The fraction of sp³-hybridized carbons (Fsp3) is 0.360. The van der Waals surface area contributed by atoms with Gasteiger partial charge in [0.15, 0.2) is 0 Å². The summed E-state index contributed by atoms with van der Waals surface area (Å²) in [6.07, 6.45) is 5.09.